The summed E-state index contributed by atoms with van der Waals surface area (Å²) in [4.78, 5) is 10.9. The second kappa shape index (κ2) is 5.63. The van der Waals surface area contributed by atoms with E-state index in [1.165, 1.54) is 12.1 Å². The summed E-state index contributed by atoms with van der Waals surface area (Å²) in [5.74, 6) is -2.97. The highest BCUT2D eigenvalue weighted by molar-refractivity contribution is 5.85. The first-order valence-electron chi connectivity index (χ1n) is 3.85. The lowest BCUT2D eigenvalue weighted by atomic mass is 10.1. The lowest BCUT2D eigenvalue weighted by molar-refractivity contribution is -0.142. The Hall–Kier alpha value is -1.20. The Labute approximate surface area is 91.6 Å². The number of halogens is 3. The van der Waals surface area contributed by atoms with Crippen molar-refractivity contribution in [2.45, 2.75) is 6.04 Å². The topological polar surface area (TPSA) is 52.3 Å². The molecule has 0 unspecified atom stereocenters. The molecule has 0 amide bonds. The molecule has 0 saturated heterocycles. The quantitative estimate of drug-likeness (QED) is 0.795. The number of nitrogens with two attached hydrogens (primary N) is 1. The van der Waals surface area contributed by atoms with Crippen LogP contribution in [-0.2, 0) is 9.53 Å². The molecule has 1 aromatic rings. The summed E-state index contributed by atoms with van der Waals surface area (Å²) in [5, 5.41) is 0. The van der Waals surface area contributed by atoms with Gasteiger partial charge in [0.15, 0.2) is 11.6 Å². The molecule has 0 radical (unpaired) electrons. The van der Waals surface area contributed by atoms with Crippen LogP contribution in [0.25, 0.3) is 0 Å². The van der Waals surface area contributed by atoms with Crippen molar-refractivity contribution >= 4 is 18.4 Å². The van der Waals surface area contributed by atoms with Gasteiger partial charge in [-0.3, -0.25) is 4.79 Å². The molecule has 15 heavy (non-hydrogen) atoms. The molecule has 0 fully saturated rings. The van der Waals surface area contributed by atoms with Crippen molar-refractivity contribution in [3.8, 4) is 0 Å². The smallest absolute Gasteiger partial charge is 0.327 e. The molecule has 1 aromatic carbocycles. The van der Waals surface area contributed by atoms with Gasteiger partial charge in [0.05, 0.1) is 7.11 Å². The van der Waals surface area contributed by atoms with Crippen LogP contribution < -0.4 is 5.73 Å². The maximum atomic E-state index is 13.1. The van der Waals surface area contributed by atoms with Crippen LogP contribution in [-0.4, -0.2) is 13.1 Å². The van der Waals surface area contributed by atoms with Gasteiger partial charge in [0.1, 0.15) is 6.04 Å². The number of carbonyl (C=O) groups is 1. The standard InChI is InChI=1S/C9H9F2NO2.ClH/c1-14-9(13)8(12)5-3-2-4-6(10)7(5)11;/h2-4,8H,12H2,1H3;1H/t8-;/m1./s1. The molecular weight excluding hydrogens is 228 g/mol. The predicted molar refractivity (Wildman–Crippen MR) is 52.6 cm³/mol. The monoisotopic (exact) mass is 237 g/mol. The first kappa shape index (κ1) is 13.8. The second-order valence-electron chi connectivity index (χ2n) is 2.64. The summed E-state index contributed by atoms with van der Waals surface area (Å²) < 4.78 is 30.1. The highest BCUT2D eigenvalue weighted by Gasteiger charge is 2.21. The molecule has 6 heteroatoms. The first-order chi connectivity index (χ1) is 6.57. The lowest BCUT2D eigenvalue weighted by Crippen LogP contribution is -2.24. The minimum Gasteiger partial charge on any atom is -0.468 e. The zero-order chi connectivity index (χ0) is 10.7. The number of benzene rings is 1. The van der Waals surface area contributed by atoms with E-state index < -0.39 is 23.6 Å². The number of esters is 1. The molecule has 0 aliphatic rings. The Morgan fingerprint density at radius 2 is 2.07 bits per heavy atom. The zero-order valence-corrected chi connectivity index (χ0v) is 8.68. The number of hydrogen-bond donors (Lipinski definition) is 1. The number of hydrogen-bond acceptors (Lipinski definition) is 3. The van der Waals surface area contributed by atoms with Crippen LogP contribution in [0.4, 0.5) is 8.78 Å². The van der Waals surface area contributed by atoms with Crippen molar-refractivity contribution < 1.29 is 18.3 Å². The Morgan fingerprint density at radius 1 is 1.47 bits per heavy atom. The lowest BCUT2D eigenvalue weighted by Gasteiger charge is -2.10. The Bertz CT molecular complexity index is 360. The summed E-state index contributed by atoms with van der Waals surface area (Å²) in [6.45, 7) is 0. The molecule has 2 N–H and O–H groups in total. The summed E-state index contributed by atoms with van der Waals surface area (Å²) in [6.07, 6.45) is 0. The first-order valence-corrected chi connectivity index (χ1v) is 3.85. The highest BCUT2D eigenvalue weighted by Crippen LogP contribution is 2.18. The van der Waals surface area contributed by atoms with Crippen molar-refractivity contribution in [1.29, 1.82) is 0 Å². The summed E-state index contributed by atoms with van der Waals surface area (Å²) in [6, 6.07) is 2.16. The summed E-state index contributed by atoms with van der Waals surface area (Å²) >= 11 is 0. The fraction of sp³-hybridized carbons (Fsp3) is 0.222. The molecule has 0 saturated carbocycles. The van der Waals surface area contributed by atoms with E-state index >= 15 is 0 Å². The third-order valence-electron chi connectivity index (χ3n) is 1.77. The number of rotatable bonds is 2. The van der Waals surface area contributed by atoms with Crippen molar-refractivity contribution in [3.63, 3.8) is 0 Å². The van der Waals surface area contributed by atoms with E-state index in [1.54, 1.807) is 0 Å². The SMILES string of the molecule is COC(=O)[C@H](N)c1cccc(F)c1F.Cl. The van der Waals surface area contributed by atoms with Gasteiger partial charge in [-0.2, -0.15) is 0 Å². The van der Waals surface area contributed by atoms with Gasteiger partial charge < -0.3 is 10.5 Å². The van der Waals surface area contributed by atoms with Crippen LogP contribution in [0.5, 0.6) is 0 Å². The maximum absolute atomic E-state index is 13.1. The molecule has 84 valence electrons. The second-order valence-corrected chi connectivity index (χ2v) is 2.64. The van der Waals surface area contributed by atoms with Crippen molar-refractivity contribution in [2.24, 2.45) is 5.73 Å². The normalized spacial score (nSPS) is 11.5. The van der Waals surface area contributed by atoms with Crippen LogP contribution >= 0.6 is 12.4 Å². The number of methoxy groups -OCH3 is 1. The number of ether oxygens (including phenoxy) is 1. The van der Waals surface area contributed by atoms with Gasteiger partial charge in [-0.25, -0.2) is 8.78 Å². The van der Waals surface area contributed by atoms with Gasteiger partial charge >= 0.3 is 5.97 Å². The molecule has 0 aromatic heterocycles. The fourth-order valence-electron chi connectivity index (χ4n) is 1.01. The van der Waals surface area contributed by atoms with Crippen LogP contribution in [0.3, 0.4) is 0 Å². The zero-order valence-electron chi connectivity index (χ0n) is 7.87. The average molecular weight is 238 g/mol. The Kier molecular flexibility index (Phi) is 5.18. The Balaban J connectivity index is 0.00000196. The van der Waals surface area contributed by atoms with Crippen LogP contribution in [0, 0.1) is 11.6 Å². The summed E-state index contributed by atoms with van der Waals surface area (Å²) in [5.41, 5.74) is 5.13. The molecule has 0 spiro atoms. The van der Waals surface area contributed by atoms with Gasteiger partial charge in [-0.15, -0.1) is 12.4 Å². The van der Waals surface area contributed by atoms with Gasteiger partial charge in [0, 0.05) is 5.56 Å². The molecule has 0 heterocycles. The minimum atomic E-state index is -1.30. The number of carbonyl (C=O) groups excluding carboxylic acids is 1. The minimum absolute atomic E-state index is 0. The van der Waals surface area contributed by atoms with E-state index in [2.05, 4.69) is 4.74 Å². The molecule has 3 nitrogen and oxygen atoms in total. The third-order valence-corrected chi connectivity index (χ3v) is 1.77. The van der Waals surface area contributed by atoms with Gasteiger partial charge in [-0.1, -0.05) is 12.1 Å². The fourth-order valence-corrected chi connectivity index (χ4v) is 1.01. The third kappa shape index (κ3) is 2.87. The van der Waals surface area contributed by atoms with E-state index in [-0.39, 0.29) is 18.0 Å². The van der Waals surface area contributed by atoms with E-state index in [0.717, 1.165) is 13.2 Å². The average Bonchev–Trinajstić information content (AvgIpc) is 2.20. The molecule has 0 bridgehead atoms. The van der Waals surface area contributed by atoms with Crippen LogP contribution in [0.1, 0.15) is 11.6 Å². The van der Waals surface area contributed by atoms with Crippen molar-refractivity contribution in [2.75, 3.05) is 7.11 Å². The predicted octanol–water partition coefficient (Wildman–Crippen LogP) is 1.56. The van der Waals surface area contributed by atoms with Crippen molar-refractivity contribution in [3.05, 3.63) is 35.4 Å². The van der Waals surface area contributed by atoms with Gasteiger partial charge in [-0.05, 0) is 6.07 Å². The van der Waals surface area contributed by atoms with Gasteiger partial charge in [0.25, 0.3) is 0 Å². The largest absolute Gasteiger partial charge is 0.468 e. The van der Waals surface area contributed by atoms with E-state index in [0.29, 0.717) is 0 Å². The van der Waals surface area contributed by atoms with E-state index in [1.807, 2.05) is 0 Å². The molecular formula is C9H10ClF2NO2. The molecule has 0 aliphatic heterocycles. The van der Waals surface area contributed by atoms with Gasteiger partial charge in [0.2, 0.25) is 0 Å². The Morgan fingerprint density at radius 3 is 2.60 bits per heavy atom. The van der Waals surface area contributed by atoms with Crippen molar-refractivity contribution in [1.82, 2.24) is 0 Å². The van der Waals surface area contributed by atoms with Crippen LogP contribution in [0.15, 0.2) is 18.2 Å². The molecule has 1 atom stereocenters. The summed E-state index contributed by atoms with van der Waals surface area (Å²) in [7, 11) is 1.12. The van der Waals surface area contributed by atoms with Crippen LogP contribution in [0.2, 0.25) is 0 Å². The maximum Gasteiger partial charge on any atom is 0.327 e. The molecule has 1 rings (SSSR count). The molecule has 0 aliphatic carbocycles. The van der Waals surface area contributed by atoms with E-state index in [4.69, 9.17) is 5.73 Å². The van der Waals surface area contributed by atoms with E-state index in [9.17, 15) is 13.6 Å². The highest BCUT2D eigenvalue weighted by atomic mass is 35.5.